The maximum atomic E-state index is 12.9. The monoisotopic (exact) mass is 517 g/mol. The number of ether oxygens (including phenoxy) is 3. The number of amides is 2. The fraction of sp³-hybridized carbons (Fsp3) is 0.333. The Morgan fingerprint density at radius 1 is 0.973 bits per heavy atom. The highest BCUT2D eigenvalue weighted by atomic mass is 16.6. The molecule has 0 saturated heterocycles. The minimum absolute atomic E-state index is 0.0847. The van der Waals surface area contributed by atoms with E-state index in [9.17, 15) is 34.4 Å². The summed E-state index contributed by atoms with van der Waals surface area (Å²) < 4.78 is 14.5. The van der Waals surface area contributed by atoms with E-state index in [4.69, 9.17) is 14.2 Å². The predicted octanol–water partition coefficient (Wildman–Crippen LogP) is 1.19. The van der Waals surface area contributed by atoms with E-state index in [0.717, 1.165) is 14.2 Å². The number of aliphatic hydroxyl groups is 1. The van der Waals surface area contributed by atoms with Crippen LogP contribution < -0.4 is 10.6 Å². The zero-order valence-corrected chi connectivity index (χ0v) is 20.1. The molecule has 13 heteroatoms. The van der Waals surface area contributed by atoms with Gasteiger partial charge in [-0.2, -0.15) is 0 Å². The van der Waals surface area contributed by atoms with Crippen LogP contribution in [0.3, 0.4) is 0 Å². The Morgan fingerprint density at radius 3 is 2.16 bits per heavy atom. The van der Waals surface area contributed by atoms with E-state index < -0.39 is 59.9 Å². The van der Waals surface area contributed by atoms with Gasteiger partial charge in [-0.05, 0) is 11.1 Å². The Balaban J connectivity index is 2.21. The van der Waals surface area contributed by atoms with Crippen molar-refractivity contribution in [2.75, 3.05) is 20.8 Å². The second-order valence-corrected chi connectivity index (χ2v) is 7.69. The van der Waals surface area contributed by atoms with Gasteiger partial charge in [-0.25, -0.2) is 9.59 Å². The molecular weight excluding hydrogens is 490 g/mol. The lowest BCUT2D eigenvalue weighted by Gasteiger charge is -2.27. The van der Waals surface area contributed by atoms with Crippen LogP contribution in [0.2, 0.25) is 0 Å². The highest BCUT2D eigenvalue weighted by molar-refractivity contribution is 5.90. The van der Waals surface area contributed by atoms with Crippen molar-refractivity contribution in [1.82, 2.24) is 10.6 Å². The van der Waals surface area contributed by atoms with Crippen LogP contribution in [0.1, 0.15) is 23.5 Å². The molecule has 0 aromatic heterocycles. The molecule has 0 spiro atoms. The first kappa shape index (κ1) is 28.7. The first-order valence-electron chi connectivity index (χ1n) is 11.0. The van der Waals surface area contributed by atoms with Gasteiger partial charge >= 0.3 is 18.0 Å². The van der Waals surface area contributed by atoms with Crippen molar-refractivity contribution in [3.05, 3.63) is 75.8 Å². The number of nitro groups is 1. The molecule has 0 fully saturated rings. The van der Waals surface area contributed by atoms with Crippen LogP contribution in [0, 0.1) is 10.1 Å². The molecule has 0 aliphatic rings. The van der Waals surface area contributed by atoms with E-state index in [1.54, 1.807) is 30.3 Å². The minimum atomic E-state index is -1.51. The number of methoxy groups -OCH3 is 2. The second-order valence-electron chi connectivity index (χ2n) is 7.69. The number of carbonyl (C=O) groups is 4. The van der Waals surface area contributed by atoms with Gasteiger partial charge in [0.1, 0.15) is 18.7 Å². The Morgan fingerprint density at radius 2 is 1.62 bits per heavy atom. The molecule has 13 nitrogen and oxygen atoms in total. The second kappa shape index (κ2) is 14.1. The van der Waals surface area contributed by atoms with E-state index >= 15 is 0 Å². The van der Waals surface area contributed by atoms with Crippen molar-refractivity contribution in [2.24, 2.45) is 0 Å². The lowest BCUT2D eigenvalue weighted by atomic mass is 9.88. The Labute approximate surface area is 211 Å². The minimum Gasteiger partial charge on any atom is -0.469 e. The summed E-state index contributed by atoms with van der Waals surface area (Å²) in [5, 5.41) is 25.3. The summed E-state index contributed by atoms with van der Waals surface area (Å²) in [5.41, 5.74) is 0.766. The molecule has 0 heterocycles. The smallest absolute Gasteiger partial charge is 0.408 e. The zero-order valence-electron chi connectivity index (χ0n) is 20.1. The number of aliphatic hydroxyl groups excluding tert-OH is 1. The number of esters is 2. The number of carbonyl (C=O) groups excluding carboxylic acids is 4. The maximum Gasteiger partial charge on any atom is 0.408 e. The van der Waals surface area contributed by atoms with Crippen LogP contribution in [0.25, 0.3) is 0 Å². The molecule has 0 bridgehead atoms. The molecule has 2 aromatic rings. The van der Waals surface area contributed by atoms with E-state index in [1.165, 1.54) is 24.3 Å². The van der Waals surface area contributed by atoms with Crippen molar-refractivity contribution in [3.63, 3.8) is 0 Å². The number of nitrogens with zero attached hydrogens (tertiary/aromatic N) is 1. The summed E-state index contributed by atoms with van der Waals surface area (Å²) in [5.74, 6) is -3.70. The first-order chi connectivity index (χ1) is 17.7. The lowest BCUT2D eigenvalue weighted by Crippen LogP contribution is -2.55. The molecule has 2 rings (SSSR count). The molecule has 198 valence electrons. The van der Waals surface area contributed by atoms with Crippen LogP contribution >= 0.6 is 0 Å². The van der Waals surface area contributed by atoms with Gasteiger partial charge in [0.2, 0.25) is 5.91 Å². The van der Waals surface area contributed by atoms with Crippen molar-refractivity contribution >= 4 is 29.6 Å². The molecule has 2 amide bonds. The van der Waals surface area contributed by atoms with Crippen LogP contribution in [0.4, 0.5) is 10.5 Å². The highest BCUT2D eigenvalue weighted by Crippen LogP contribution is 2.27. The van der Waals surface area contributed by atoms with Gasteiger partial charge in [0.25, 0.3) is 5.69 Å². The van der Waals surface area contributed by atoms with Crippen LogP contribution in [0.5, 0.6) is 0 Å². The van der Waals surface area contributed by atoms with E-state index in [0.29, 0.717) is 11.1 Å². The summed E-state index contributed by atoms with van der Waals surface area (Å²) in [6.45, 7) is -0.919. The summed E-state index contributed by atoms with van der Waals surface area (Å²) in [7, 11) is 2.20. The number of alkyl carbamates (subject to hydrolysis) is 1. The highest BCUT2D eigenvalue weighted by Gasteiger charge is 2.36. The Kier molecular flexibility index (Phi) is 11.0. The number of rotatable bonds is 12. The number of nitrogens with one attached hydrogen (secondary N) is 2. The third-order valence-electron chi connectivity index (χ3n) is 5.31. The van der Waals surface area contributed by atoms with Crippen molar-refractivity contribution in [1.29, 1.82) is 0 Å². The molecular formula is C24H27N3O10. The van der Waals surface area contributed by atoms with Gasteiger partial charge in [-0.15, -0.1) is 0 Å². The predicted molar refractivity (Wildman–Crippen MR) is 127 cm³/mol. The summed E-state index contributed by atoms with van der Waals surface area (Å²) in [6, 6.07) is 10.8. The quantitative estimate of drug-likeness (QED) is 0.160. The molecule has 0 radical (unpaired) electrons. The number of hydrogen-bond donors (Lipinski definition) is 3. The van der Waals surface area contributed by atoms with Crippen molar-refractivity contribution in [3.8, 4) is 0 Å². The van der Waals surface area contributed by atoms with E-state index in [1.807, 2.05) is 0 Å². The topological polar surface area (TPSA) is 183 Å². The molecule has 0 aliphatic heterocycles. The SMILES string of the molecule is COC(=O)C[C@H](c1ccc([N+](=O)[O-])cc1)[C@@H](NC(=O)[C@H](CO)NC(=O)OCc1ccccc1)C(=O)OC. The van der Waals surface area contributed by atoms with Crippen LogP contribution in [-0.2, 0) is 35.2 Å². The van der Waals surface area contributed by atoms with Crippen LogP contribution in [0.15, 0.2) is 54.6 Å². The number of nitro benzene ring substituents is 1. The Hall–Kier alpha value is -4.52. The third-order valence-corrected chi connectivity index (χ3v) is 5.31. The fourth-order valence-electron chi connectivity index (χ4n) is 3.34. The summed E-state index contributed by atoms with van der Waals surface area (Å²) in [4.78, 5) is 60.1. The van der Waals surface area contributed by atoms with Gasteiger partial charge in [0.05, 0.1) is 32.2 Å². The summed E-state index contributed by atoms with van der Waals surface area (Å²) >= 11 is 0. The van der Waals surface area contributed by atoms with Gasteiger partial charge in [0, 0.05) is 18.1 Å². The molecule has 3 N–H and O–H groups in total. The molecule has 37 heavy (non-hydrogen) atoms. The van der Waals surface area contributed by atoms with Crippen molar-refractivity contribution < 1.29 is 43.4 Å². The molecule has 2 aromatic carbocycles. The van der Waals surface area contributed by atoms with Gasteiger partial charge in [-0.3, -0.25) is 19.7 Å². The van der Waals surface area contributed by atoms with Gasteiger partial charge in [0.15, 0.2) is 0 Å². The standard InChI is InChI=1S/C24H27N3O10/c1-35-20(29)12-18(16-8-10-17(11-9-16)27(33)34)21(23(31)36-2)26-22(30)19(13-28)25-24(32)37-14-15-6-4-3-5-7-15/h3-11,18-19,21,28H,12-14H2,1-2H3,(H,25,32)(H,26,30)/t18-,19+,21-/m1/s1. The lowest BCUT2D eigenvalue weighted by molar-refractivity contribution is -0.384. The molecule has 0 unspecified atom stereocenters. The average molecular weight is 517 g/mol. The maximum absolute atomic E-state index is 12.9. The molecule has 0 aliphatic carbocycles. The van der Waals surface area contributed by atoms with E-state index in [-0.39, 0.29) is 12.3 Å². The fourth-order valence-corrected chi connectivity index (χ4v) is 3.34. The largest absolute Gasteiger partial charge is 0.469 e. The van der Waals surface area contributed by atoms with E-state index in [2.05, 4.69) is 10.6 Å². The third kappa shape index (κ3) is 8.58. The van der Waals surface area contributed by atoms with Crippen LogP contribution in [-0.4, -0.2) is 66.9 Å². The normalized spacial score (nSPS) is 12.8. The Bertz CT molecular complexity index is 1090. The summed E-state index contributed by atoms with van der Waals surface area (Å²) in [6.07, 6.45) is -1.39. The van der Waals surface area contributed by atoms with Crippen molar-refractivity contribution in [2.45, 2.75) is 31.0 Å². The average Bonchev–Trinajstić information content (AvgIpc) is 2.92. The van der Waals surface area contributed by atoms with Gasteiger partial charge in [-0.1, -0.05) is 42.5 Å². The van der Waals surface area contributed by atoms with Gasteiger partial charge < -0.3 is 30.0 Å². The molecule has 3 atom stereocenters. The number of non-ortho nitro benzene ring substituents is 1. The molecule has 0 saturated carbocycles. The number of hydrogen-bond acceptors (Lipinski definition) is 10. The first-order valence-corrected chi connectivity index (χ1v) is 11.0. The number of benzene rings is 2. The zero-order chi connectivity index (χ0) is 27.4.